The van der Waals surface area contributed by atoms with Crippen molar-refractivity contribution in [3.63, 3.8) is 0 Å². The number of ether oxygens (including phenoxy) is 1. The number of nitrogens with zero attached hydrogens (tertiary/aromatic N) is 1. The van der Waals surface area contributed by atoms with Crippen molar-refractivity contribution in [1.29, 1.82) is 0 Å². The molecule has 1 aromatic heterocycles. The summed E-state index contributed by atoms with van der Waals surface area (Å²) in [7, 11) is 3.39. The summed E-state index contributed by atoms with van der Waals surface area (Å²) >= 11 is 3.47. The number of alkyl halides is 1. The van der Waals surface area contributed by atoms with Crippen molar-refractivity contribution in [2.24, 2.45) is 0 Å². The van der Waals surface area contributed by atoms with Gasteiger partial charge in [0, 0.05) is 26.1 Å². The van der Waals surface area contributed by atoms with Crippen molar-refractivity contribution >= 4 is 32.8 Å². The number of fused-ring (bicyclic) bond motifs is 1. The van der Waals surface area contributed by atoms with Gasteiger partial charge in [-0.15, -0.1) is 0 Å². The molecule has 1 atom stereocenters. The normalized spacial score (nSPS) is 12.6. The van der Waals surface area contributed by atoms with Crippen LogP contribution in [-0.4, -0.2) is 42.9 Å². The maximum Gasteiger partial charge on any atom is 0.289 e. The number of methoxy groups -OCH3 is 1. The van der Waals surface area contributed by atoms with E-state index in [2.05, 4.69) is 15.9 Å². The number of carbonyl (C=O) groups excluding carboxylic acids is 1. The molecular weight excluding hydrogens is 322 g/mol. The molecule has 2 rings (SSSR count). The Balaban J connectivity index is 2.14. The molecule has 0 saturated carbocycles. The molecule has 4 nitrogen and oxygen atoms in total. The Hall–Kier alpha value is -1.33. The summed E-state index contributed by atoms with van der Waals surface area (Å²) in [6.07, 6.45) is 0. The van der Waals surface area contributed by atoms with Crippen LogP contribution in [0.1, 0.15) is 16.1 Å². The number of aryl methyl sites for hydroxylation is 1. The van der Waals surface area contributed by atoms with Crippen molar-refractivity contribution in [3.05, 3.63) is 35.6 Å². The van der Waals surface area contributed by atoms with Crippen molar-refractivity contribution in [3.8, 4) is 0 Å². The zero-order chi connectivity index (χ0) is 14.7. The van der Waals surface area contributed by atoms with Gasteiger partial charge in [0.2, 0.25) is 0 Å². The van der Waals surface area contributed by atoms with Crippen molar-refractivity contribution in [2.45, 2.75) is 11.8 Å². The smallest absolute Gasteiger partial charge is 0.289 e. The Morgan fingerprint density at radius 2 is 2.20 bits per heavy atom. The maximum atomic E-state index is 12.3. The van der Waals surface area contributed by atoms with Gasteiger partial charge in [-0.3, -0.25) is 4.79 Å². The second-order valence-corrected chi connectivity index (χ2v) is 6.19. The molecule has 0 aliphatic carbocycles. The number of amides is 1. The van der Waals surface area contributed by atoms with Gasteiger partial charge in [0.15, 0.2) is 5.76 Å². The Morgan fingerprint density at radius 1 is 1.45 bits per heavy atom. The van der Waals surface area contributed by atoms with E-state index < -0.39 is 0 Å². The monoisotopic (exact) mass is 339 g/mol. The third-order valence-corrected chi connectivity index (χ3v) is 3.60. The zero-order valence-corrected chi connectivity index (χ0v) is 13.4. The highest BCUT2D eigenvalue weighted by molar-refractivity contribution is 9.09. The van der Waals surface area contributed by atoms with Crippen LogP contribution in [0.5, 0.6) is 0 Å². The van der Waals surface area contributed by atoms with E-state index in [0.29, 0.717) is 18.9 Å². The molecule has 0 aliphatic heterocycles. The molecule has 0 bridgehead atoms. The lowest BCUT2D eigenvalue weighted by Gasteiger charge is -2.18. The van der Waals surface area contributed by atoms with E-state index in [-0.39, 0.29) is 10.7 Å². The molecule has 20 heavy (non-hydrogen) atoms. The van der Waals surface area contributed by atoms with Crippen LogP contribution in [0, 0.1) is 6.92 Å². The minimum atomic E-state index is -0.126. The van der Waals surface area contributed by atoms with Crippen LogP contribution in [0.4, 0.5) is 0 Å². The predicted molar refractivity (Wildman–Crippen MR) is 82.5 cm³/mol. The molecule has 0 saturated heterocycles. The highest BCUT2D eigenvalue weighted by Gasteiger charge is 2.19. The second-order valence-electron chi connectivity index (χ2n) is 4.89. The van der Waals surface area contributed by atoms with Crippen molar-refractivity contribution < 1.29 is 13.9 Å². The molecule has 108 valence electrons. The van der Waals surface area contributed by atoms with E-state index in [9.17, 15) is 4.79 Å². The second kappa shape index (κ2) is 6.41. The molecule has 1 amide bonds. The molecule has 1 heterocycles. The fraction of sp³-hybridized carbons (Fsp3) is 0.400. The molecule has 0 fully saturated rings. The number of halogens is 1. The van der Waals surface area contributed by atoms with Gasteiger partial charge in [0.05, 0.1) is 11.4 Å². The third kappa shape index (κ3) is 3.41. The first-order chi connectivity index (χ1) is 9.51. The van der Waals surface area contributed by atoms with Crippen LogP contribution in [-0.2, 0) is 4.74 Å². The first kappa shape index (κ1) is 15.1. The molecular formula is C15H18BrNO3. The van der Waals surface area contributed by atoms with E-state index >= 15 is 0 Å². The molecule has 0 radical (unpaired) electrons. The van der Waals surface area contributed by atoms with E-state index in [1.807, 2.05) is 25.1 Å². The molecule has 0 N–H and O–H groups in total. The molecule has 1 aromatic carbocycles. The Labute approximate surface area is 126 Å². The molecule has 2 aromatic rings. The van der Waals surface area contributed by atoms with E-state index in [0.717, 1.165) is 16.5 Å². The summed E-state index contributed by atoms with van der Waals surface area (Å²) in [5.41, 5.74) is 1.88. The van der Waals surface area contributed by atoms with Crippen LogP contribution in [0.2, 0.25) is 0 Å². The van der Waals surface area contributed by atoms with Gasteiger partial charge in [-0.2, -0.15) is 0 Å². The number of furan rings is 1. The average molecular weight is 340 g/mol. The molecule has 0 aliphatic rings. The summed E-state index contributed by atoms with van der Waals surface area (Å²) in [5, 5.41) is 0.953. The fourth-order valence-corrected chi connectivity index (χ4v) is 2.77. The topological polar surface area (TPSA) is 42.7 Å². The number of carbonyl (C=O) groups is 1. The van der Waals surface area contributed by atoms with Gasteiger partial charge in [-0.25, -0.2) is 0 Å². The SMILES string of the molecule is COCC(Br)CN(C)C(=O)c1cc2cc(C)ccc2o1. The van der Waals surface area contributed by atoms with E-state index in [4.69, 9.17) is 9.15 Å². The lowest BCUT2D eigenvalue weighted by atomic mass is 10.2. The van der Waals surface area contributed by atoms with Crippen LogP contribution in [0.15, 0.2) is 28.7 Å². The van der Waals surface area contributed by atoms with Crippen molar-refractivity contribution in [2.75, 3.05) is 27.3 Å². The summed E-state index contributed by atoms with van der Waals surface area (Å²) in [6.45, 7) is 3.12. The van der Waals surface area contributed by atoms with Crippen LogP contribution < -0.4 is 0 Å². The summed E-state index contributed by atoms with van der Waals surface area (Å²) in [5.74, 6) is 0.240. The first-order valence-electron chi connectivity index (χ1n) is 6.40. The van der Waals surface area contributed by atoms with E-state index in [1.54, 1.807) is 25.1 Å². The Bertz CT molecular complexity index is 608. The van der Waals surface area contributed by atoms with Gasteiger partial charge in [0.25, 0.3) is 5.91 Å². The summed E-state index contributed by atoms with van der Waals surface area (Å²) < 4.78 is 10.7. The summed E-state index contributed by atoms with van der Waals surface area (Å²) in [4.78, 5) is 14.0. The minimum absolute atomic E-state index is 0.105. The van der Waals surface area contributed by atoms with Crippen LogP contribution in [0.25, 0.3) is 11.0 Å². The standard InChI is InChI=1S/C15H18BrNO3/c1-10-4-5-13-11(6-10)7-14(20-13)15(18)17(2)8-12(16)9-19-3/h4-7,12H,8-9H2,1-3H3. The average Bonchev–Trinajstić information content (AvgIpc) is 2.80. The van der Waals surface area contributed by atoms with Crippen LogP contribution >= 0.6 is 15.9 Å². The molecule has 0 spiro atoms. The number of benzene rings is 1. The third-order valence-electron chi connectivity index (χ3n) is 3.05. The van der Waals surface area contributed by atoms with Gasteiger partial charge in [-0.05, 0) is 25.1 Å². The van der Waals surface area contributed by atoms with Gasteiger partial charge >= 0.3 is 0 Å². The lowest BCUT2D eigenvalue weighted by Crippen LogP contribution is -2.33. The highest BCUT2D eigenvalue weighted by atomic mass is 79.9. The van der Waals surface area contributed by atoms with Gasteiger partial charge in [-0.1, -0.05) is 27.6 Å². The quantitative estimate of drug-likeness (QED) is 0.785. The molecule has 1 unspecified atom stereocenters. The fourth-order valence-electron chi connectivity index (χ4n) is 2.07. The van der Waals surface area contributed by atoms with Gasteiger partial charge in [0.1, 0.15) is 5.58 Å². The minimum Gasteiger partial charge on any atom is -0.451 e. The number of hydrogen-bond acceptors (Lipinski definition) is 3. The van der Waals surface area contributed by atoms with Crippen LogP contribution in [0.3, 0.4) is 0 Å². The van der Waals surface area contributed by atoms with E-state index in [1.165, 1.54) is 0 Å². The maximum absolute atomic E-state index is 12.3. The Morgan fingerprint density at radius 3 is 2.90 bits per heavy atom. The number of hydrogen-bond donors (Lipinski definition) is 0. The zero-order valence-electron chi connectivity index (χ0n) is 11.9. The highest BCUT2D eigenvalue weighted by Crippen LogP contribution is 2.21. The first-order valence-corrected chi connectivity index (χ1v) is 7.31. The lowest BCUT2D eigenvalue weighted by molar-refractivity contribution is 0.0755. The van der Waals surface area contributed by atoms with Crippen molar-refractivity contribution in [1.82, 2.24) is 4.90 Å². The number of rotatable bonds is 5. The summed E-state index contributed by atoms with van der Waals surface area (Å²) in [6, 6.07) is 7.66. The molecule has 5 heteroatoms. The predicted octanol–water partition coefficient (Wildman–Crippen LogP) is 3.22. The largest absolute Gasteiger partial charge is 0.451 e. The Kier molecular flexibility index (Phi) is 4.83. The van der Waals surface area contributed by atoms with Gasteiger partial charge < -0.3 is 14.1 Å².